The maximum atomic E-state index is 12.0. The molecule has 1 fully saturated rings. The zero-order valence-corrected chi connectivity index (χ0v) is 29.8. The van der Waals surface area contributed by atoms with Gasteiger partial charge in [-0.25, -0.2) is 0 Å². The van der Waals surface area contributed by atoms with Gasteiger partial charge in [0.1, 0.15) is 19.3 Å². The van der Waals surface area contributed by atoms with Crippen LogP contribution in [0.3, 0.4) is 0 Å². The predicted molar refractivity (Wildman–Crippen MR) is 186 cm³/mol. The first kappa shape index (κ1) is 41.6. The van der Waals surface area contributed by atoms with Crippen LogP contribution < -0.4 is 0 Å². The number of ether oxygens (including phenoxy) is 3. The van der Waals surface area contributed by atoms with Crippen LogP contribution in [0, 0.1) is 5.92 Å². The average molecular weight is 637 g/mol. The Morgan fingerprint density at radius 1 is 0.644 bits per heavy atom. The molecule has 0 aromatic rings. The summed E-state index contributed by atoms with van der Waals surface area (Å²) >= 11 is 0. The van der Waals surface area contributed by atoms with Gasteiger partial charge in [-0.1, -0.05) is 148 Å². The van der Waals surface area contributed by atoms with Crippen LogP contribution in [0.15, 0.2) is 12.2 Å². The third-order valence-corrected chi connectivity index (χ3v) is 8.85. The molecule has 2 unspecified atom stereocenters. The Kier molecular flexibility index (Phi) is 27.7. The standard InChI is InChI=1S/C39H72O6/c1-4-5-6-7-18-23-28-36-37(45-36)29-24-19-16-21-26-31-39(42)44-33-35(40)32-43-38(41)30-25-20-15-13-11-9-8-10-12-14-17-22-27-34(2)3/h18,23,34-37,40H,4-17,19-22,24-33H2,1-3H3/b23-18-/t35-,36?,37?/m1/s1. The first-order chi connectivity index (χ1) is 21.9. The maximum absolute atomic E-state index is 12.0. The molecule has 0 aliphatic carbocycles. The van der Waals surface area contributed by atoms with E-state index in [-0.39, 0.29) is 25.2 Å². The third-order valence-electron chi connectivity index (χ3n) is 8.85. The molecule has 0 spiro atoms. The van der Waals surface area contributed by atoms with Crippen LogP contribution in [0.2, 0.25) is 0 Å². The molecule has 45 heavy (non-hydrogen) atoms. The molecule has 0 radical (unpaired) electrons. The van der Waals surface area contributed by atoms with E-state index in [4.69, 9.17) is 14.2 Å². The molecule has 1 heterocycles. The molecule has 0 saturated carbocycles. The van der Waals surface area contributed by atoms with Crippen molar-refractivity contribution in [3.05, 3.63) is 12.2 Å². The molecular formula is C39H72O6. The van der Waals surface area contributed by atoms with Crippen molar-refractivity contribution in [1.29, 1.82) is 0 Å². The van der Waals surface area contributed by atoms with Crippen LogP contribution >= 0.6 is 0 Å². The number of aliphatic hydroxyl groups excluding tert-OH is 1. The highest BCUT2D eigenvalue weighted by atomic mass is 16.6. The van der Waals surface area contributed by atoms with Gasteiger partial charge in [0.15, 0.2) is 0 Å². The second-order valence-corrected chi connectivity index (χ2v) is 13.9. The minimum absolute atomic E-state index is 0.120. The van der Waals surface area contributed by atoms with E-state index in [0.29, 0.717) is 25.0 Å². The highest BCUT2D eigenvalue weighted by Crippen LogP contribution is 2.30. The van der Waals surface area contributed by atoms with Gasteiger partial charge in [-0.3, -0.25) is 9.59 Å². The third kappa shape index (κ3) is 28.5. The number of unbranched alkanes of at least 4 members (excludes halogenated alkanes) is 18. The van der Waals surface area contributed by atoms with Crippen LogP contribution in [-0.2, 0) is 23.8 Å². The smallest absolute Gasteiger partial charge is 0.305 e. The molecule has 0 bridgehead atoms. The zero-order chi connectivity index (χ0) is 32.8. The lowest BCUT2D eigenvalue weighted by molar-refractivity contribution is -0.152. The van der Waals surface area contributed by atoms with Gasteiger partial charge in [0.05, 0.1) is 12.2 Å². The van der Waals surface area contributed by atoms with Gasteiger partial charge >= 0.3 is 11.9 Å². The van der Waals surface area contributed by atoms with E-state index >= 15 is 0 Å². The fraction of sp³-hybridized carbons (Fsp3) is 0.897. The number of esters is 2. The predicted octanol–water partition coefficient (Wildman–Crippen LogP) is 10.6. The largest absolute Gasteiger partial charge is 0.463 e. The molecule has 264 valence electrons. The lowest BCUT2D eigenvalue weighted by atomic mass is 10.0. The molecule has 6 heteroatoms. The second-order valence-electron chi connectivity index (χ2n) is 13.9. The summed E-state index contributed by atoms with van der Waals surface area (Å²) in [4.78, 5) is 23.9. The summed E-state index contributed by atoms with van der Waals surface area (Å²) in [5.41, 5.74) is 0. The number of aliphatic hydroxyl groups is 1. The highest BCUT2D eigenvalue weighted by molar-refractivity contribution is 5.69. The molecule has 1 aliphatic heterocycles. The number of rotatable bonds is 33. The minimum Gasteiger partial charge on any atom is -0.463 e. The highest BCUT2D eigenvalue weighted by Gasteiger charge is 2.36. The van der Waals surface area contributed by atoms with E-state index in [9.17, 15) is 14.7 Å². The van der Waals surface area contributed by atoms with Crippen LogP contribution in [0.4, 0.5) is 0 Å². The van der Waals surface area contributed by atoms with E-state index in [1.54, 1.807) is 0 Å². The number of carbonyl (C=O) groups excluding carboxylic acids is 2. The van der Waals surface area contributed by atoms with Gasteiger partial charge in [-0.2, -0.15) is 0 Å². The summed E-state index contributed by atoms with van der Waals surface area (Å²) in [6.45, 7) is 6.60. The normalized spacial score (nSPS) is 16.8. The molecule has 0 aromatic heterocycles. The second kappa shape index (κ2) is 30.0. The number of hydrogen-bond donors (Lipinski definition) is 1. The fourth-order valence-electron chi connectivity index (χ4n) is 5.81. The van der Waals surface area contributed by atoms with E-state index in [2.05, 4.69) is 32.9 Å². The van der Waals surface area contributed by atoms with Crippen molar-refractivity contribution in [2.75, 3.05) is 13.2 Å². The van der Waals surface area contributed by atoms with Gasteiger partial charge in [0.25, 0.3) is 0 Å². The summed E-state index contributed by atoms with van der Waals surface area (Å²) in [6.07, 6.45) is 34.3. The lowest BCUT2D eigenvalue weighted by Crippen LogP contribution is -2.25. The molecule has 1 N–H and O–H groups in total. The van der Waals surface area contributed by atoms with Crippen LogP contribution in [0.1, 0.15) is 188 Å². The quantitative estimate of drug-likeness (QED) is 0.0334. The van der Waals surface area contributed by atoms with Gasteiger partial charge in [0.2, 0.25) is 0 Å². The van der Waals surface area contributed by atoms with Crippen LogP contribution in [0.5, 0.6) is 0 Å². The van der Waals surface area contributed by atoms with Gasteiger partial charge in [-0.15, -0.1) is 0 Å². The Bertz CT molecular complexity index is 720. The number of carbonyl (C=O) groups is 2. The van der Waals surface area contributed by atoms with Crippen LogP contribution in [-0.4, -0.2) is 48.6 Å². The molecule has 0 amide bonds. The van der Waals surface area contributed by atoms with Crippen molar-refractivity contribution < 1.29 is 28.9 Å². The SMILES string of the molecule is CCCCC/C=C\CC1OC1CCCCCCCC(=O)OC[C@H](O)COC(=O)CCCCCCCCCCCCCCC(C)C. The molecule has 1 rings (SSSR count). The lowest BCUT2D eigenvalue weighted by Gasteiger charge is -2.12. The average Bonchev–Trinajstić information content (AvgIpc) is 3.78. The molecule has 0 aromatic carbocycles. The van der Waals surface area contributed by atoms with Crippen molar-refractivity contribution in [3.8, 4) is 0 Å². The van der Waals surface area contributed by atoms with Crippen molar-refractivity contribution in [2.24, 2.45) is 5.92 Å². The van der Waals surface area contributed by atoms with E-state index in [1.807, 2.05) is 0 Å². The number of allylic oxidation sites excluding steroid dienone is 1. The summed E-state index contributed by atoms with van der Waals surface area (Å²) in [5, 5.41) is 10.0. The van der Waals surface area contributed by atoms with E-state index < -0.39 is 6.10 Å². The Hall–Kier alpha value is -1.40. The van der Waals surface area contributed by atoms with Crippen molar-refractivity contribution in [2.45, 2.75) is 206 Å². The van der Waals surface area contributed by atoms with Crippen molar-refractivity contribution >= 4 is 11.9 Å². The van der Waals surface area contributed by atoms with Gasteiger partial charge in [-0.05, 0) is 44.4 Å². The zero-order valence-electron chi connectivity index (χ0n) is 29.8. The van der Waals surface area contributed by atoms with Gasteiger partial charge < -0.3 is 19.3 Å². The molecule has 1 saturated heterocycles. The fourth-order valence-corrected chi connectivity index (χ4v) is 5.81. The first-order valence-electron chi connectivity index (χ1n) is 19.2. The Morgan fingerprint density at radius 2 is 1.13 bits per heavy atom. The number of epoxide rings is 1. The Morgan fingerprint density at radius 3 is 1.64 bits per heavy atom. The first-order valence-corrected chi connectivity index (χ1v) is 19.2. The molecule has 1 aliphatic rings. The summed E-state index contributed by atoms with van der Waals surface area (Å²) in [6, 6.07) is 0. The van der Waals surface area contributed by atoms with Crippen LogP contribution in [0.25, 0.3) is 0 Å². The molecule has 3 atom stereocenters. The monoisotopic (exact) mass is 637 g/mol. The number of hydrogen-bond acceptors (Lipinski definition) is 6. The summed E-state index contributed by atoms with van der Waals surface area (Å²) < 4.78 is 16.1. The van der Waals surface area contributed by atoms with Crippen molar-refractivity contribution in [1.82, 2.24) is 0 Å². The van der Waals surface area contributed by atoms with E-state index in [1.165, 1.54) is 96.3 Å². The van der Waals surface area contributed by atoms with Crippen molar-refractivity contribution in [3.63, 3.8) is 0 Å². The maximum Gasteiger partial charge on any atom is 0.305 e. The Labute approximate surface area is 277 Å². The summed E-state index contributed by atoms with van der Waals surface area (Å²) in [5.74, 6) is 0.258. The Balaban J connectivity index is 1.82. The molecule has 6 nitrogen and oxygen atoms in total. The van der Waals surface area contributed by atoms with Gasteiger partial charge in [0, 0.05) is 12.8 Å². The summed E-state index contributed by atoms with van der Waals surface area (Å²) in [7, 11) is 0. The van der Waals surface area contributed by atoms with E-state index in [0.717, 1.165) is 63.7 Å². The minimum atomic E-state index is -0.969. The molecular weight excluding hydrogens is 564 g/mol. The topological polar surface area (TPSA) is 85.4 Å².